The van der Waals surface area contributed by atoms with Crippen LogP contribution in [0.4, 0.5) is 0 Å². The van der Waals surface area contributed by atoms with Gasteiger partial charge in [-0.05, 0) is 19.5 Å². The summed E-state index contributed by atoms with van der Waals surface area (Å²) in [7, 11) is -1.28. The molecule has 1 aliphatic heterocycles. The molecule has 1 atom stereocenters. The molecule has 11 heavy (non-hydrogen) atoms. The fourth-order valence-electron chi connectivity index (χ4n) is 1.27. The van der Waals surface area contributed by atoms with E-state index in [1.807, 2.05) is 0 Å². The minimum absolute atomic E-state index is 0.0844. The minimum atomic E-state index is -0.740. The van der Waals surface area contributed by atoms with E-state index in [0.717, 1.165) is 12.8 Å². The van der Waals surface area contributed by atoms with Crippen molar-refractivity contribution in [2.45, 2.75) is 25.6 Å². The topological polar surface area (TPSA) is 18.5 Å². The molecule has 0 aromatic heterocycles. The van der Waals surface area contributed by atoms with Crippen LogP contribution in [-0.2, 0) is 8.85 Å². The second-order valence-corrected chi connectivity index (χ2v) is 13.7. The second-order valence-electron chi connectivity index (χ2n) is 3.47. The van der Waals surface area contributed by atoms with Crippen molar-refractivity contribution >= 4 is 26.6 Å². The molecule has 1 saturated heterocycles. The van der Waals surface area contributed by atoms with E-state index in [2.05, 4.69) is 13.1 Å². The fourth-order valence-corrected chi connectivity index (χ4v) is 10.2. The highest BCUT2D eigenvalue weighted by atomic mass is 29.2. The molecule has 0 aliphatic carbocycles. The van der Waals surface area contributed by atoms with Crippen LogP contribution in [0, 0.1) is 0 Å². The van der Waals surface area contributed by atoms with Crippen LogP contribution in [0.25, 0.3) is 0 Å². The first-order valence-electron chi connectivity index (χ1n) is 4.48. The molecule has 0 aromatic carbocycles. The van der Waals surface area contributed by atoms with Crippen LogP contribution in [0.2, 0.25) is 19.1 Å². The van der Waals surface area contributed by atoms with Crippen molar-refractivity contribution < 1.29 is 8.85 Å². The zero-order valence-electron chi connectivity index (χ0n) is 7.51. The summed E-state index contributed by atoms with van der Waals surface area (Å²) >= 11 is 0. The molecule has 1 unspecified atom stereocenters. The summed E-state index contributed by atoms with van der Waals surface area (Å²) in [5.41, 5.74) is 0. The van der Waals surface area contributed by atoms with E-state index in [1.165, 1.54) is 12.5 Å². The zero-order chi connectivity index (χ0) is 8.10. The van der Waals surface area contributed by atoms with Gasteiger partial charge in [0.1, 0.15) is 9.28 Å². The maximum absolute atomic E-state index is 5.74. The molecule has 1 aliphatic rings. The lowest BCUT2D eigenvalue weighted by Crippen LogP contribution is -2.36. The quantitative estimate of drug-likeness (QED) is 0.593. The van der Waals surface area contributed by atoms with Gasteiger partial charge in [0.15, 0.2) is 9.04 Å². The molecular formula is C6H18O2Si3. The Morgan fingerprint density at radius 2 is 2.45 bits per heavy atom. The van der Waals surface area contributed by atoms with Crippen LogP contribution in [-0.4, -0.2) is 39.5 Å². The van der Waals surface area contributed by atoms with Gasteiger partial charge in [0, 0.05) is 12.8 Å². The SMILES string of the molecule is C[SiH](C)OC[SiH]1CCCO[SiH2]1. The molecule has 0 spiro atoms. The molecule has 0 N–H and O–H groups in total. The summed E-state index contributed by atoms with van der Waals surface area (Å²) in [6, 6.07) is 1.49. The third-order valence-electron chi connectivity index (χ3n) is 1.92. The summed E-state index contributed by atoms with van der Waals surface area (Å²) in [5.74, 6) is 0. The Morgan fingerprint density at radius 3 is 3.00 bits per heavy atom. The largest absolute Gasteiger partial charge is 0.427 e. The molecule has 0 radical (unpaired) electrons. The Balaban J connectivity index is 2.05. The molecule has 1 rings (SSSR count). The van der Waals surface area contributed by atoms with Crippen molar-refractivity contribution in [3.63, 3.8) is 0 Å². The lowest BCUT2D eigenvalue weighted by molar-refractivity contribution is 0.328. The lowest BCUT2D eigenvalue weighted by Gasteiger charge is -2.20. The Bertz CT molecular complexity index is 104. The zero-order valence-corrected chi connectivity index (χ0v) is 11.2. The lowest BCUT2D eigenvalue weighted by atomic mass is 10.5. The molecule has 2 nitrogen and oxygen atoms in total. The molecular weight excluding hydrogens is 188 g/mol. The van der Waals surface area contributed by atoms with Crippen LogP contribution in [0.1, 0.15) is 6.42 Å². The summed E-state index contributed by atoms with van der Waals surface area (Å²) in [6.07, 6.45) is 2.45. The smallest absolute Gasteiger partial charge is 0.170 e. The van der Waals surface area contributed by atoms with Crippen LogP contribution in [0.5, 0.6) is 0 Å². The van der Waals surface area contributed by atoms with E-state index < -0.39 is 17.4 Å². The third kappa shape index (κ3) is 4.22. The summed E-state index contributed by atoms with van der Waals surface area (Å²) in [6.45, 7) is 5.55. The number of hydrogen-bond acceptors (Lipinski definition) is 2. The van der Waals surface area contributed by atoms with Gasteiger partial charge in [-0.3, -0.25) is 0 Å². The van der Waals surface area contributed by atoms with Crippen molar-refractivity contribution in [2.75, 3.05) is 12.8 Å². The third-order valence-corrected chi connectivity index (χ3v) is 10.1. The summed E-state index contributed by atoms with van der Waals surface area (Å²) in [4.78, 5) is 0. The van der Waals surface area contributed by atoms with Crippen molar-refractivity contribution in [1.29, 1.82) is 0 Å². The molecule has 1 fully saturated rings. The van der Waals surface area contributed by atoms with Crippen molar-refractivity contribution in [3.05, 3.63) is 0 Å². The van der Waals surface area contributed by atoms with Crippen LogP contribution < -0.4 is 0 Å². The van der Waals surface area contributed by atoms with Gasteiger partial charge in [0.05, 0.1) is 8.31 Å². The van der Waals surface area contributed by atoms with Gasteiger partial charge in [-0.2, -0.15) is 0 Å². The first-order valence-corrected chi connectivity index (χ1v) is 12.7. The maximum atomic E-state index is 5.74. The number of hydrogen-bond donors (Lipinski definition) is 0. The monoisotopic (exact) mass is 206 g/mol. The Hall–Kier alpha value is 0.571. The van der Waals surface area contributed by atoms with E-state index in [4.69, 9.17) is 8.85 Å². The average Bonchev–Trinajstić information content (AvgIpc) is 2.03. The molecule has 0 amide bonds. The Morgan fingerprint density at radius 1 is 1.64 bits per heavy atom. The minimum Gasteiger partial charge on any atom is -0.427 e. The normalized spacial score (nSPS) is 28.1. The van der Waals surface area contributed by atoms with Crippen LogP contribution >= 0.6 is 0 Å². The fraction of sp³-hybridized carbons (Fsp3) is 1.00. The van der Waals surface area contributed by atoms with E-state index >= 15 is 0 Å². The predicted molar refractivity (Wildman–Crippen MR) is 55.9 cm³/mol. The van der Waals surface area contributed by atoms with Crippen LogP contribution in [0.3, 0.4) is 0 Å². The van der Waals surface area contributed by atoms with Gasteiger partial charge in [-0.25, -0.2) is 0 Å². The molecule has 0 aromatic rings. The van der Waals surface area contributed by atoms with E-state index in [-0.39, 0.29) is 9.28 Å². The van der Waals surface area contributed by atoms with Gasteiger partial charge in [-0.1, -0.05) is 6.04 Å². The van der Waals surface area contributed by atoms with Gasteiger partial charge in [-0.15, -0.1) is 0 Å². The molecule has 1 heterocycles. The van der Waals surface area contributed by atoms with Crippen molar-refractivity contribution in [3.8, 4) is 0 Å². The number of rotatable bonds is 3. The first-order chi connectivity index (χ1) is 5.29. The highest BCUT2D eigenvalue weighted by Crippen LogP contribution is 2.04. The summed E-state index contributed by atoms with van der Waals surface area (Å²) in [5, 5.41) is 0. The van der Waals surface area contributed by atoms with E-state index in [9.17, 15) is 0 Å². The van der Waals surface area contributed by atoms with Crippen molar-refractivity contribution in [2.24, 2.45) is 0 Å². The van der Waals surface area contributed by atoms with Gasteiger partial charge < -0.3 is 8.85 Å². The first kappa shape index (κ1) is 9.66. The highest BCUT2D eigenvalue weighted by molar-refractivity contribution is 7.10. The second kappa shape index (κ2) is 5.26. The Labute approximate surface area is 74.4 Å². The van der Waals surface area contributed by atoms with Crippen LogP contribution in [0.15, 0.2) is 0 Å². The van der Waals surface area contributed by atoms with Crippen molar-refractivity contribution in [1.82, 2.24) is 0 Å². The van der Waals surface area contributed by atoms with E-state index in [1.54, 1.807) is 0 Å². The van der Waals surface area contributed by atoms with Gasteiger partial charge in [0.2, 0.25) is 0 Å². The molecule has 0 saturated carbocycles. The molecule has 5 heteroatoms. The predicted octanol–water partition coefficient (Wildman–Crippen LogP) is -0.247. The van der Waals surface area contributed by atoms with Gasteiger partial charge in [0.25, 0.3) is 0 Å². The maximum Gasteiger partial charge on any atom is 0.170 e. The standard InChI is InChI=1S/C6H18O2Si3/c1-10(2)8-6-11-5-3-4-7-9-11/h10-11H,3-6,9H2,1-2H3. The average molecular weight is 206 g/mol. The summed E-state index contributed by atoms with van der Waals surface area (Å²) < 4.78 is 11.3. The highest BCUT2D eigenvalue weighted by Gasteiger charge is 2.16. The van der Waals surface area contributed by atoms with Gasteiger partial charge >= 0.3 is 0 Å². The van der Waals surface area contributed by atoms with E-state index in [0.29, 0.717) is 0 Å². The molecule has 0 bridgehead atoms. The Kier molecular flexibility index (Phi) is 4.62. The molecule has 66 valence electrons.